The van der Waals surface area contributed by atoms with E-state index in [-0.39, 0.29) is 12.1 Å². The van der Waals surface area contributed by atoms with E-state index in [2.05, 4.69) is 5.32 Å². The van der Waals surface area contributed by atoms with E-state index in [4.69, 9.17) is 0 Å². The van der Waals surface area contributed by atoms with Gasteiger partial charge in [-0.15, -0.1) is 0 Å². The molecule has 0 heterocycles. The number of carbonyl (C=O) groups is 1. The molecule has 5 heteroatoms. The predicted octanol–water partition coefficient (Wildman–Crippen LogP) is 1.19. The van der Waals surface area contributed by atoms with Gasteiger partial charge in [-0.2, -0.15) is 0 Å². The van der Waals surface area contributed by atoms with Crippen molar-refractivity contribution in [1.29, 1.82) is 0 Å². The second-order valence-corrected chi connectivity index (χ2v) is 5.14. The van der Waals surface area contributed by atoms with Crippen molar-refractivity contribution < 1.29 is 9.00 Å². The van der Waals surface area contributed by atoms with Crippen molar-refractivity contribution in [2.45, 2.75) is 33.2 Å². The molecule has 0 radical (unpaired) electrons. The standard InChI is InChI=1S/C10H22N2O2S/c1-5-12(6-2)10(13)11-9(3)7-8-15(4)14/h9H,5-8H2,1-4H3,(H,11,13). The zero-order chi connectivity index (χ0) is 11.8. The second kappa shape index (κ2) is 7.68. The van der Waals surface area contributed by atoms with Crippen molar-refractivity contribution in [3.63, 3.8) is 0 Å². The Labute approximate surface area is 94.9 Å². The molecule has 0 aliphatic carbocycles. The highest BCUT2D eigenvalue weighted by Crippen LogP contribution is 1.95. The third-order valence-electron chi connectivity index (χ3n) is 2.26. The van der Waals surface area contributed by atoms with Gasteiger partial charge in [0, 0.05) is 41.9 Å². The average molecular weight is 234 g/mol. The molecule has 0 aromatic heterocycles. The maximum absolute atomic E-state index is 11.6. The molecule has 0 rings (SSSR count). The summed E-state index contributed by atoms with van der Waals surface area (Å²) in [6.07, 6.45) is 2.44. The van der Waals surface area contributed by atoms with Gasteiger partial charge in [-0.25, -0.2) is 4.79 Å². The van der Waals surface area contributed by atoms with E-state index >= 15 is 0 Å². The summed E-state index contributed by atoms with van der Waals surface area (Å²) in [6, 6.07) is 0.0522. The Morgan fingerprint density at radius 2 is 1.93 bits per heavy atom. The van der Waals surface area contributed by atoms with E-state index < -0.39 is 10.8 Å². The summed E-state index contributed by atoms with van der Waals surface area (Å²) in [4.78, 5) is 13.3. The zero-order valence-electron chi connectivity index (χ0n) is 10.1. The highest BCUT2D eigenvalue weighted by atomic mass is 32.2. The van der Waals surface area contributed by atoms with Crippen LogP contribution in [0.2, 0.25) is 0 Å². The molecule has 0 saturated heterocycles. The predicted molar refractivity (Wildman–Crippen MR) is 64.5 cm³/mol. The Hall–Kier alpha value is -0.580. The molecule has 0 fully saturated rings. The molecule has 1 N–H and O–H groups in total. The maximum Gasteiger partial charge on any atom is 0.317 e. The third-order valence-corrected chi connectivity index (χ3v) is 3.07. The molecular weight excluding hydrogens is 212 g/mol. The van der Waals surface area contributed by atoms with E-state index in [1.807, 2.05) is 20.8 Å². The first kappa shape index (κ1) is 14.4. The number of carbonyl (C=O) groups excluding carboxylic acids is 1. The van der Waals surface area contributed by atoms with Crippen LogP contribution in [0.3, 0.4) is 0 Å². The first-order valence-corrected chi connectivity index (χ1v) is 7.09. The minimum Gasteiger partial charge on any atom is -0.336 e. The number of nitrogens with one attached hydrogen (secondary N) is 1. The third kappa shape index (κ3) is 6.49. The molecule has 0 aliphatic rings. The van der Waals surface area contributed by atoms with Crippen LogP contribution in [0.25, 0.3) is 0 Å². The SMILES string of the molecule is CCN(CC)C(=O)NC(C)CCS(C)=O. The molecule has 0 saturated carbocycles. The molecule has 2 amide bonds. The lowest BCUT2D eigenvalue weighted by molar-refractivity contribution is 0.199. The van der Waals surface area contributed by atoms with Gasteiger partial charge in [0.2, 0.25) is 0 Å². The van der Waals surface area contributed by atoms with E-state index in [0.717, 1.165) is 19.5 Å². The molecule has 4 nitrogen and oxygen atoms in total. The summed E-state index contributed by atoms with van der Waals surface area (Å²) in [7, 11) is -0.780. The Morgan fingerprint density at radius 3 is 2.33 bits per heavy atom. The van der Waals surface area contributed by atoms with Gasteiger partial charge >= 0.3 is 6.03 Å². The van der Waals surface area contributed by atoms with E-state index in [9.17, 15) is 9.00 Å². The van der Waals surface area contributed by atoms with Gasteiger partial charge in [0.1, 0.15) is 0 Å². The summed E-state index contributed by atoms with van der Waals surface area (Å²) in [5.74, 6) is 0.639. The summed E-state index contributed by atoms with van der Waals surface area (Å²) in [5.41, 5.74) is 0. The average Bonchev–Trinajstić information content (AvgIpc) is 2.16. The van der Waals surface area contributed by atoms with Crippen molar-refractivity contribution >= 4 is 16.8 Å². The van der Waals surface area contributed by atoms with Gasteiger partial charge in [-0.3, -0.25) is 4.21 Å². The number of urea groups is 1. The summed E-state index contributed by atoms with van der Waals surface area (Å²) >= 11 is 0. The van der Waals surface area contributed by atoms with Gasteiger partial charge in [0.25, 0.3) is 0 Å². The smallest absolute Gasteiger partial charge is 0.317 e. The summed E-state index contributed by atoms with van der Waals surface area (Å²) in [5, 5.41) is 2.89. The van der Waals surface area contributed by atoms with Crippen LogP contribution in [0.4, 0.5) is 4.79 Å². The lowest BCUT2D eigenvalue weighted by Gasteiger charge is -2.22. The van der Waals surface area contributed by atoms with Gasteiger partial charge in [0.05, 0.1) is 0 Å². The summed E-state index contributed by atoms with van der Waals surface area (Å²) < 4.78 is 10.9. The Bertz CT molecular complexity index is 217. The Balaban J connectivity index is 3.89. The highest BCUT2D eigenvalue weighted by molar-refractivity contribution is 7.84. The minimum atomic E-state index is -0.780. The topological polar surface area (TPSA) is 49.4 Å². The van der Waals surface area contributed by atoms with Crippen molar-refractivity contribution in [3.05, 3.63) is 0 Å². The first-order chi connectivity index (χ1) is 7.01. The molecule has 0 bridgehead atoms. The molecule has 90 valence electrons. The van der Waals surface area contributed by atoms with Crippen LogP contribution in [-0.4, -0.2) is 46.3 Å². The number of amides is 2. The Kier molecular flexibility index (Phi) is 7.38. The highest BCUT2D eigenvalue weighted by Gasteiger charge is 2.12. The molecule has 0 aromatic carbocycles. The molecule has 0 aromatic rings. The normalized spacial score (nSPS) is 14.4. The van der Waals surface area contributed by atoms with Crippen LogP contribution in [0.5, 0.6) is 0 Å². The van der Waals surface area contributed by atoms with E-state index in [0.29, 0.717) is 5.75 Å². The van der Waals surface area contributed by atoms with Crippen LogP contribution < -0.4 is 5.32 Å². The molecule has 15 heavy (non-hydrogen) atoms. The van der Waals surface area contributed by atoms with Crippen LogP contribution >= 0.6 is 0 Å². The van der Waals surface area contributed by atoms with Crippen molar-refractivity contribution in [1.82, 2.24) is 10.2 Å². The fourth-order valence-corrected chi connectivity index (χ4v) is 1.91. The molecule has 0 aliphatic heterocycles. The maximum atomic E-state index is 11.6. The second-order valence-electron chi connectivity index (χ2n) is 3.59. The first-order valence-electron chi connectivity index (χ1n) is 5.36. The zero-order valence-corrected chi connectivity index (χ0v) is 10.9. The molecule has 2 unspecified atom stereocenters. The van der Waals surface area contributed by atoms with Gasteiger partial charge in [-0.05, 0) is 27.2 Å². The Morgan fingerprint density at radius 1 is 1.40 bits per heavy atom. The molecule has 2 atom stereocenters. The number of hydrogen-bond acceptors (Lipinski definition) is 2. The largest absolute Gasteiger partial charge is 0.336 e. The van der Waals surface area contributed by atoms with Crippen molar-refractivity contribution in [2.24, 2.45) is 0 Å². The number of rotatable bonds is 6. The van der Waals surface area contributed by atoms with Crippen LogP contribution in [-0.2, 0) is 10.8 Å². The van der Waals surface area contributed by atoms with Crippen molar-refractivity contribution in [2.75, 3.05) is 25.1 Å². The molecular formula is C10H22N2O2S. The van der Waals surface area contributed by atoms with Gasteiger partial charge in [0.15, 0.2) is 0 Å². The number of hydrogen-bond donors (Lipinski definition) is 1. The number of nitrogens with zero attached hydrogens (tertiary/aromatic N) is 1. The van der Waals surface area contributed by atoms with Crippen LogP contribution in [0, 0.1) is 0 Å². The molecule has 0 spiro atoms. The van der Waals surface area contributed by atoms with Crippen LogP contribution in [0.1, 0.15) is 27.2 Å². The van der Waals surface area contributed by atoms with E-state index in [1.54, 1.807) is 11.2 Å². The quantitative estimate of drug-likeness (QED) is 0.750. The van der Waals surface area contributed by atoms with Crippen LogP contribution in [0.15, 0.2) is 0 Å². The van der Waals surface area contributed by atoms with Gasteiger partial charge in [-0.1, -0.05) is 0 Å². The fraction of sp³-hybridized carbons (Fsp3) is 0.900. The van der Waals surface area contributed by atoms with Crippen molar-refractivity contribution in [3.8, 4) is 0 Å². The fourth-order valence-electron chi connectivity index (χ4n) is 1.23. The minimum absolute atomic E-state index is 0.0330. The lowest BCUT2D eigenvalue weighted by Crippen LogP contribution is -2.44. The van der Waals surface area contributed by atoms with Gasteiger partial charge < -0.3 is 10.2 Å². The summed E-state index contributed by atoms with van der Waals surface area (Å²) in [6.45, 7) is 7.28. The lowest BCUT2D eigenvalue weighted by atomic mass is 10.3. The van der Waals surface area contributed by atoms with E-state index in [1.165, 1.54) is 0 Å². The monoisotopic (exact) mass is 234 g/mol.